The van der Waals surface area contributed by atoms with Crippen molar-refractivity contribution in [2.24, 2.45) is 0 Å². The van der Waals surface area contributed by atoms with Crippen molar-refractivity contribution in [2.45, 2.75) is 12.3 Å². The summed E-state index contributed by atoms with van der Waals surface area (Å²) in [5.74, 6) is -2.58. The number of nitrogens with zero attached hydrogens (tertiary/aromatic N) is 1. The van der Waals surface area contributed by atoms with Gasteiger partial charge in [-0.25, -0.2) is 8.78 Å². The molecule has 2 nitrogen and oxygen atoms in total. The minimum absolute atomic E-state index is 0.108. The van der Waals surface area contributed by atoms with Crippen LogP contribution in [0.3, 0.4) is 0 Å². The van der Waals surface area contributed by atoms with Crippen LogP contribution < -0.4 is 5.32 Å². The van der Waals surface area contributed by atoms with Crippen molar-refractivity contribution in [3.05, 3.63) is 12.7 Å². The summed E-state index contributed by atoms with van der Waals surface area (Å²) in [7, 11) is 0. The molecule has 0 aromatic carbocycles. The number of hydrogen-bond donors (Lipinski definition) is 1. The van der Waals surface area contributed by atoms with E-state index in [1.54, 1.807) is 6.08 Å². The van der Waals surface area contributed by atoms with Crippen LogP contribution in [0.1, 0.15) is 6.42 Å². The summed E-state index contributed by atoms with van der Waals surface area (Å²) in [4.78, 5) is 1.48. The van der Waals surface area contributed by atoms with Gasteiger partial charge in [-0.1, -0.05) is 6.08 Å². The smallest absolute Gasteiger partial charge is 0.267 e. The molecule has 1 N–H and O–H groups in total. The Balaban J connectivity index is 2.37. The third-order valence-corrected chi connectivity index (χ3v) is 2.26. The fourth-order valence-corrected chi connectivity index (χ4v) is 1.42. The average molecular weight is 206 g/mol. The molecule has 1 heterocycles. The molecule has 0 atom stereocenters. The second-order valence-electron chi connectivity index (χ2n) is 3.00. The molecule has 1 aliphatic heterocycles. The van der Waals surface area contributed by atoms with Crippen molar-refractivity contribution in [2.75, 3.05) is 19.6 Å². The van der Waals surface area contributed by atoms with Gasteiger partial charge >= 0.3 is 0 Å². The first-order chi connectivity index (χ1) is 6.05. The van der Waals surface area contributed by atoms with Gasteiger partial charge in [-0.15, -0.1) is 6.58 Å². The van der Waals surface area contributed by atoms with Gasteiger partial charge in [-0.3, -0.25) is 0 Å². The van der Waals surface area contributed by atoms with Crippen molar-refractivity contribution in [1.82, 2.24) is 10.2 Å². The summed E-state index contributed by atoms with van der Waals surface area (Å²) in [6, 6.07) is 0. The highest BCUT2D eigenvalue weighted by molar-refractivity contribution is 7.80. The van der Waals surface area contributed by atoms with Crippen molar-refractivity contribution < 1.29 is 8.78 Å². The number of halogens is 2. The zero-order chi connectivity index (χ0) is 9.90. The van der Waals surface area contributed by atoms with Crippen LogP contribution >= 0.6 is 12.2 Å². The van der Waals surface area contributed by atoms with Crippen LogP contribution in [0.4, 0.5) is 8.78 Å². The van der Waals surface area contributed by atoms with E-state index in [0.717, 1.165) is 0 Å². The van der Waals surface area contributed by atoms with Gasteiger partial charge in [0, 0.05) is 19.5 Å². The lowest BCUT2D eigenvalue weighted by Gasteiger charge is -2.19. The highest BCUT2D eigenvalue weighted by atomic mass is 32.1. The van der Waals surface area contributed by atoms with Crippen LogP contribution in [0.2, 0.25) is 0 Å². The van der Waals surface area contributed by atoms with Gasteiger partial charge in [0.15, 0.2) is 5.11 Å². The lowest BCUT2D eigenvalue weighted by atomic mass is 10.3. The molecule has 0 saturated carbocycles. The molecular weight excluding hydrogens is 194 g/mol. The minimum Gasteiger partial charge on any atom is -0.359 e. The Morgan fingerprint density at radius 2 is 2.38 bits per heavy atom. The predicted molar refractivity (Wildman–Crippen MR) is 51.9 cm³/mol. The maximum atomic E-state index is 12.7. The van der Waals surface area contributed by atoms with Crippen molar-refractivity contribution in [3.8, 4) is 0 Å². The summed E-state index contributed by atoms with van der Waals surface area (Å²) in [6.07, 6.45) is 1.53. The molecule has 0 bridgehead atoms. The average Bonchev–Trinajstić information content (AvgIpc) is 2.42. The first-order valence-electron chi connectivity index (χ1n) is 4.07. The van der Waals surface area contributed by atoms with Crippen LogP contribution in [0, 0.1) is 0 Å². The molecule has 0 spiro atoms. The number of likely N-dealkylation sites (tertiary alicyclic amines) is 1. The summed E-state index contributed by atoms with van der Waals surface area (Å²) in [6.45, 7) is 4.08. The third kappa shape index (κ3) is 2.91. The zero-order valence-corrected chi connectivity index (χ0v) is 8.04. The molecule has 1 rings (SSSR count). The third-order valence-electron chi connectivity index (χ3n) is 1.85. The van der Waals surface area contributed by atoms with Crippen LogP contribution in [0.5, 0.6) is 0 Å². The standard InChI is InChI=1S/C8H12F2N2S/c1-2-4-11-7(13)12-5-3-8(9,10)6-12/h2H,1,3-6H2,(H,11,13). The first kappa shape index (κ1) is 10.4. The maximum Gasteiger partial charge on any atom is 0.267 e. The van der Waals surface area contributed by atoms with E-state index >= 15 is 0 Å². The largest absolute Gasteiger partial charge is 0.359 e. The Morgan fingerprint density at radius 1 is 1.69 bits per heavy atom. The quantitative estimate of drug-likeness (QED) is 0.543. The SMILES string of the molecule is C=CCNC(=S)N1CCC(F)(F)C1. The lowest BCUT2D eigenvalue weighted by Crippen LogP contribution is -2.39. The predicted octanol–water partition coefficient (Wildman–Crippen LogP) is 1.39. The highest BCUT2D eigenvalue weighted by Gasteiger charge is 2.38. The van der Waals surface area contributed by atoms with Crippen LogP contribution in [0.15, 0.2) is 12.7 Å². The minimum atomic E-state index is -2.58. The Kier molecular flexibility index (Phi) is 3.19. The maximum absolute atomic E-state index is 12.7. The van der Waals surface area contributed by atoms with E-state index in [1.807, 2.05) is 0 Å². The Morgan fingerprint density at radius 3 is 2.85 bits per heavy atom. The van der Waals surface area contributed by atoms with Gasteiger partial charge in [0.2, 0.25) is 0 Å². The van der Waals surface area contributed by atoms with E-state index in [4.69, 9.17) is 12.2 Å². The van der Waals surface area contributed by atoms with Crippen LogP contribution in [-0.2, 0) is 0 Å². The van der Waals surface area contributed by atoms with E-state index < -0.39 is 5.92 Å². The summed E-state index contributed by atoms with van der Waals surface area (Å²) < 4.78 is 25.5. The summed E-state index contributed by atoms with van der Waals surface area (Å²) >= 11 is 4.92. The fraction of sp³-hybridized carbons (Fsp3) is 0.625. The molecule has 74 valence electrons. The molecule has 0 amide bonds. The second kappa shape index (κ2) is 4.00. The number of hydrogen-bond acceptors (Lipinski definition) is 1. The molecule has 1 aliphatic rings. The van der Waals surface area contributed by atoms with Crippen molar-refractivity contribution in [1.29, 1.82) is 0 Å². The molecule has 13 heavy (non-hydrogen) atoms. The van der Waals surface area contributed by atoms with Gasteiger partial charge in [0.1, 0.15) is 0 Å². The normalized spacial score (nSPS) is 20.0. The van der Waals surface area contributed by atoms with E-state index in [-0.39, 0.29) is 13.0 Å². The highest BCUT2D eigenvalue weighted by Crippen LogP contribution is 2.26. The van der Waals surface area contributed by atoms with E-state index in [0.29, 0.717) is 18.2 Å². The van der Waals surface area contributed by atoms with Gasteiger partial charge < -0.3 is 10.2 Å². The van der Waals surface area contributed by atoms with Crippen molar-refractivity contribution >= 4 is 17.3 Å². The van der Waals surface area contributed by atoms with Gasteiger partial charge in [0.05, 0.1) is 6.54 Å². The Labute approximate surface area is 81.6 Å². The first-order valence-corrected chi connectivity index (χ1v) is 4.47. The molecule has 1 fully saturated rings. The van der Waals surface area contributed by atoms with E-state index in [9.17, 15) is 8.78 Å². The topological polar surface area (TPSA) is 15.3 Å². The molecule has 0 unspecified atom stereocenters. The molecule has 0 radical (unpaired) electrons. The van der Waals surface area contributed by atoms with Gasteiger partial charge in [-0.2, -0.15) is 0 Å². The molecule has 0 aliphatic carbocycles. The Hall–Kier alpha value is -0.710. The molecule has 0 aromatic rings. The molecular formula is C8H12F2N2S. The van der Waals surface area contributed by atoms with E-state index in [1.165, 1.54) is 4.90 Å². The number of nitrogens with one attached hydrogen (secondary N) is 1. The van der Waals surface area contributed by atoms with Crippen molar-refractivity contribution in [3.63, 3.8) is 0 Å². The Bertz CT molecular complexity index is 218. The molecule has 5 heteroatoms. The van der Waals surface area contributed by atoms with Crippen LogP contribution in [0.25, 0.3) is 0 Å². The molecule has 0 aromatic heterocycles. The summed E-state index contributed by atoms with van der Waals surface area (Å²) in [5, 5.41) is 3.20. The summed E-state index contributed by atoms with van der Waals surface area (Å²) in [5.41, 5.74) is 0. The van der Waals surface area contributed by atoms with Gasteiger partial charge in [0.25, 0.3) is 5.92 Å². The fourth-order valence-electron chi connectivity index (χ4n) is 1.18. The number of alkyl halides is 2. The van der Waals surface area contributed by atoms with Gasteiger partial charge in [-0.05, 0) is 12.2 Å². The monoisotopic (exact) mass is 206 g/mol. The number of thiocarbonyl (C=S) groups is 1. The second-order valence-corrected chi connectivity index (χ2v) is 3.39. The molecule has 1 saturated heterocycles. The number of rotatable bonds is 2. The zero-order valence-electron chi connectivity index (χ0n) is 7.22. The lowest BCUT2D eigenvalue weighted by molar-refractivity contribution is 0.0175. The van der Waals surface area contributed by atoms with Crippen LogP contribution in [-0.4, -0.2) is 35.6 Å². The van der Waals surface area contributed by atoms with E-state index in [2.05, 4.69) is 11.9 Å².